The van der Waals surface area contributed by atoms with Gasteiger partial charge in [-0.3, -0.25) is 4.79 Å². The fourth-order valence-electron chi connectivity index (χ4n) is 1.16. The summed E-state index contributed by atoms with van der Waals surface area (Å²) < 4.78 is 60.6. The van der Waals surface area contributed by atoms with Crippen LogP contribution < -0.4 is 0 Å². The summed E-state index contributed by atoms with van der Waals surface area (Å²) in [5.74, 6) is -0.995. The highest BCUT2D eigenvalue weighted by Crippen LogP contribution is 2.32. The predicted octanol–water partition coefficient (Wildman–Crippen LogP) is 3.97. The van der Waals surface area contributed by atoms with Gasteiger partial charge in [0, 0.05) is 12.0 Å². The van der Waals surface area contributed by atoms with E-state index >= 15 is 0 Å². The van der Waals surface area contributed by atoms with Crippen LogP contribution in [0.2, 0.25) is 0 Å². The predicted molar refractivity (Wildman–Crippen MR) is 50.7 cm³/mol. The second-order valence-corrected chi connectivity index (χ2v) is 3.20. The van der Waals surface area contributed by atoms with Crippen LogP contribution in [0.15, 0.2) is 42.0 Å². The third kappa shape index (κ3) is 3.65. The molecule has 0 aromatic heterocycles. The van der Waals surface area contributed by atoms with Gasteiger partial charge in [0.2, 0.25) is 0 Å². The minimum absolute atomic E-state index is 0.0319. The van der Waals surface area contributed by atoms with Gasteiger partial charge in [0.25, 0.3) is 6.08 Å². The van der Waals surface area contributed by atoms with Gasteiger partial charge in [-0.15, -0.1) is 0 Å². The number of rotatable bonds is 3. The number of carbonyl (C=O) groups excluding carboxylic acids is 1. The van der Waals surface area contributed by atoms with Crippen molar-refractivity contribution in [3.05, 3.63) is 47.5 Å². The van der Waals surface area contributed by atoms with Gasteiger partial charge in [0.1, 0.15) is 5.57 Å². The third-order valence-electron chi connectivity index (χ3n) is 2.00. The Kier molecular flexibility index (Phi) is 3.98. The zero-order valence-corrected chi connectivity index (χ0v) is 8.39. The summed E-state index contributed by atoms with van der Waals surface area (Å²) in [5.41, 5.74) is -2.12. The molecule has 0 aliphatic heterocycles. The van der Waals surface area contributed by atoms with Crippen LogP contribution in [0.1, 0.15) is 16.8 Å². The van der Waals surface area contributed by atoms with Crippen LogP contribution in [-0.4, -0.2) is 12.0 Å². The van der Waals surface area contributed by atoms with Crippen LogP contribution in [-0.2, 0) is 0 Å². The molecule has 0 radical (unpaired) electrons. The molecule has 0 amide bonds. The van der Waals surface area contributed by atoms with Gasteiger partial charge in [-0.1, -0.05) is 30.3 Å². The van der Waals surface area contributed by atoms with Crippen molar-refractivity contribution >= 4 is 5.78 Å². The van der Waals surface area contributed by atoms with Crippen LogP contribution in [0, 0.1) is 0 Å². The quantitative estimate of drug-likeness (QED) is 0.586. The first-order chi connectivity index (χ1) is 7.82. The lowest BCUT2D eigenvalue weighted by atomic mass is 10.0. The lowest BCUT2D eigenvalue weighted by Crippen LogP contribution is -2.16. The zero-order valence-electron chi connectivity index (χ0n) is 8.39. The Bertz CT molecular complexity index is 429. The van der Waals surface area contributed by atoms with Gasteiger partial charge in [-0.25, -0.2) is 0 Å². The summed E-state index contributed by atoms with van der Waals surface area (Å²) in [4.78, 5) is 11.3. The van der Waals surface area contributed by atoms with Gasteiger partial charge in [0.05, 0.1) is 0 Å². The molecule has 1 nitrogen and oxygen atoms in total. The lowest BCUT2D eigenvalue weighted by Gasteiger charge is -2.09. The zero-order chi connectivity index (χ0) is 13.1. The SMILES string of the molecule is O=C(CC(=C(F)F)C(F)(F)F)c1ccccc1. The monoisotopic (exact) mass is 250 g/mol. The second-order valence-electron chi connectivity index (χ2n) is 3.20. The van der Waals surface area contributed by atoms with E-state index in [1.165, 1.54) is 24.3 Å². The second kappa shape index (κ2) is 5.07. The maximum absolute atomic E-state index is 12.2. The lowest BCUT2D eigenvalue weighted by molar-refractivity contribution is -0.0967. The molecule has 0 saturated carbocycles. The molecule has 0 saturated heterocycles. The van der Waals surface area contributed by atoms with Gasteiger partial charge < -0.3 is 0 Å². The molecule has 92 valence electrons. The molecule has 1 aromatic carbocycles. The largest absolute Gasteiger partial charge is 0.418 e. The van der Waals surface area contributed by atoms with Crippen molar-refractivity contribution in [3.63, 3.8) is 0 Å². The van der Waals surface area contributed by atoms with E-state index in [-0.39, 0.29) is 5.56 Å². The number of benzene rings is 1. The van der Waals surface area contributed by atoms with Crippen LogP contribution in [0.4, 0.5) is 22.0 Å². The van der Waals surface area contributed by atoms with E-state index < -0.39 is 30.0 Å². The first-order valence-electron chi connectivity index (χ1n) is 4.52. The number of hydrogen-bond donors (Lipinski definition) is 0. The van der Waals surface area contributed by atoms with Crippen LogP contribution in [0.3, 0.4) is 0 Å². The van der Waals surface area contributed by atoms with E-state index in [2.05, 4.69) is 0 Å². The standard InChI is InChI=1S/C11H7F5O/c12-10(13)8(11(14,15)16)6-9(17)7-4-2-1-3-5-7/h1-5H,6H2. The van der Waals surface area contributed by atoms with Gasteiger partial charge >= 0.3 is 6.18 Å². The summed E-state index contributed by atoms with van der Waals surface area (Å²) in [6.07, 6.45) is -9.42. The minimum atomic E-state index is -5.19. The molecular weight excluding hydrogens is 243 g/mol. The average Bonchev–Trinajstić information content (AvgIpc) is 2.24. The van der Waals surface area contributed by atoms with Crippen LogP contribution >= 0.6 is 0 Å². The molecule has 0 aliphatic carbocycles. The molecular formula is C11H7F5O. The van der Waals surface area contributed by atoms with Crippen LogP contribution in [0.5, 0.6) is 0 Å². The highest BCUT2D eigenvalue weighted by atomic mass is 19.4. The average molecular weight is 250 g/mol. The molecule has 0 spiro atoms. The molecule has 0 fully saturated rings. The Hall–Kier alpha value is -1.72. The topological polar surface area (TPSA) is 17.1 Å². The fourth-order valence-corrected chi connectivity index (χ4v) is 1.16. The molecule has 6 heteroatoms. The van der Waals surface area contributed by atoms with Crippen molar-refractivity contribution in [2.75, 3.05) is 0 Å². The molecule has 0 N–H and O–H groups in total. The summed E-state index contributed by atoms with van der Waals surface area (Å²) in [7, 11) is 0. The maximum atomic E-state index is 12.2. The highest BCUT2D eigenvalue weighted by molar-refractivity contribution is 5.97. The first-order valence-corrected chi connectivity index (χ1v) is 4.52. The summed E-state index contributed by atoms with van der Waals surface area (Å²) in [6.45, 7) is 0. The van der Waals surface area contributed by atoms with Gasteiger partial charge in [0.15, 0.2) is 5.78 Å². The van der Waals surface area contributed by atoms with E-state index in [4.69, 9.17) is 0 Å². The molecule has 1 aromatic rings. The van der Waals surface area contributed by atoms with Crippen molar-refractivity contribution in [3.8, 4) is 0 Å². The van der Waals surface area contributed by atoms with Crippen molar-refractivity contribution in [2.45, 2.75) is 12.6 Å². The Labute approximate surface area is 93.6 Å². The summed E-state index contributed by atoms with van der Waals surface area (Å²) >= 11 is 0. The van der Waals surface area contributed by atoms with Crippen molar-refractivity contribution in [1.29, 1.82) is 0 Å². The Morgan fingerprint density at radius 3 is 2.00 bits per heavy atom. The van der Waals surface area contributed by atoms with E-state index in [1.807, 2.05) is 0 Å². The molecule has 0 aliphatic rings. The molecule has 17 heavy (non-hydrogen) atoms. The third-order valence-corrected chi connectivity index (χ3v) is 2.00. The minimum Gasteiger partial charge on any atom is -0.294 e. The highest BCUT2D eigenvalue weighted by Gasteiger charge is 2.38. The number of ketones is 1. The Morgan fingerprint density at radius 2 is 1.59 bits per heavy atom. The van der Waals surface area contributed by atoms with E-state index in [9.17, 15) is 26.7 Å². The van der Waals surface area contributed by atoms with Crippen molar-refractivity contribution < 1.29 is 26.7 Å². The molecule has 0 atom stereocenters. The number of Topliss-reactive ketones (excluding diaryl/α,β-unsaturated/α-hetero) is 1. The molecule has 0 unspecified atom stereocenters. The summed E-state index contributed by atoms with van der Waals surface area (Å²) in [5, 5.41) is 0. The molecule has 0 bridgehead atoms. The van der Waals surface area contributed by atoms with Crippen molar-refractivity contribution in [1.82, 2.24) is 0 Å². The smallest absolute Gasteiger partial charge is 0.294 e. The van der Waals surface area contributed by atoms with E-state index in [1.54, 1.807) is 6.07 Å². The number of carbonyl (C=O) groups is 1. The Morgan fingerprint density at radius 1 is 1.06 bits per heavy atom. The summed E-state index contributed by atoms with van der Waals surface area (Å²) in [6, 6.07) is 6.98. The van der Waals surface area contributed by atoms with Gasteiger partial charge in [-0.05, 0) is 0 Å². The number of halogens is 5. The number of hydrogen-bond acceptors (Lipinski definition) is 1. The maximum Gasteiger partial charge on any atom is 0.418 e. The fraction of sp³-hybridized carbons (Fsp3) is 0.182. The molecule has 1 rings (SSSR count). The van der Waals surface area contributed by atoms with Gasteiger partial charge in [-0.2, -0.15) is 22.0 Å². The first kappa shape index (κ1) is 13.3. The number of alkyl halides is 3. The number of allylic oxidation sites excluding steroid dienone is 1. The Balaban J connectivity index is 2.92. The van der Waals surface area contributed by atoms with E-state index in [0.717, 1.165) is 0 Å². The van der Waals surface area contributed by atoms with E-state index in [0.29, 0.717) is 0 Å². The molecule has 0 heterocycles. The van der Waals surface area contributed by atoms with Crippen LogP contribution in [0.25, 0.3) is 0 Å². The normalized spacial score (nSPS) is 11.1. The van der Waals surface area contributed by atoms with Crippen molar-refractivity contribution in [2.24, 2.45) is 0 Å².